The number of carboxylic acid groups (broad SMARTS) is 1. The second-order valence-corrected chi connectivity index (χ2v) is 5.98. The fourth-order valence-corrected chi connectivity index (χ4v) is 1.77. The maximum absolute atomic E-state index is 12.1. The summed E-state index contributed by atoms with van der Waals surface area (Å²) in [4.78, 5) is 23.3. The maximum atomic E-state index is 12.1. The lowest BCUT2D eigenvalue weighted by Crippen LogP contribution is -2.42. The number of benzene rings is 1. The van der Waals surface area contributed by atoms with Gasteiger partial charge >= 0.3 is 5.97 Å². The molecule has 2 N–H and O–H groups in total. The van der Waals surface area contributed by atoms with E-state index in [1.54, 1.807) is 18.2 Å². The first-order chi connectivity index (χ1) is 9.69. The van der Waals surface area contributed by atoms with Gasteiger partial charge in [-0.1, -0.05) is 17.7 Å². The number of aliphatic carboxylic acids is 1. The highest BCUT2D eigenvalue weighted by Crippen LogP contribution is 2.09. The number of hydrogen-bond donors (Lipinski definition) is 2. The molecule has 0 heterocycles. The van der Waals surface area contributed by atoms with Crippen LogP contribution in [0.4, 0.5) is 0 Å². The Balaban J connectivity index is 2.62. The summed E-state index contributed by atoms with van der Waals surface area (Å²) in [7, 11) is 0. The predicted molar refractivity (Wildman–Crippen MR) is 80.4 cm³/mol. The Kier molecular flexibility index (Phi) is 5.90. The number of rotatable bonds is 6. The second kappa shape index (κ2) is 7.22. The summed E-state index contributed by atoms with van der Waals surface area (Å²) in [5.74, 6) is -1.45. The molecule has 0 aliphatic heterocycles. The first kappa shape index (κ1) is 17.2. The minimum atomic E-state index is -1.06. The fourth-order valence-electron chi connectivity index (χ4n) is 1.77. The molecule has 1 amide bonds. The van der Waals surface area contributed by atoms with Gasteiger partial charge in [-0.05, 0) is 39.8 Å². The lowest BCUT2D eigenvalue weighted by molar-refractivity contribution is -0.140. The number of carboxylic acids is 1. The van der Waals surface area contributed by atoms with Crippen molar-refractivity contribution in [3.63, 3.8) is 0 Å². The smallest absolute Gasteiger partial charge is 0.326 e. The van der Waals surface area contributed by atoms with E-state index in [4.69, 9.17) is 4.74 Å². The van der Waals surface area contributed by atoms with Crippen LogP contribution in [0.5, 0.6) is 0 Å². The Morgan fingerprint density at radius 2 is 2.00 bits per heavy atom. The Hall–Kier alpha value is -1.88. The van der Waals surface area contributed by atoms with Gasteiger partial charge in [-0.2, -0.15) is 0 Å². The van der Waals surface area contributed by atoms with Crippen LogP contribution in [0.15, 0.2) is 24.3 Å². The molecular formula is C16H23NO4. The molecule has 1 aromatic rings. The largest absolute Gasteiger partial charge is 0.480 e. The zero-order valence-electron chi connectivity index (χ0n) is 13.0. The van der Waals surface area contributed by atoms with Gasteiger partial charge in [0.25, 0.3) is 5.91 Å². The molecule has 0 bridgehead atoms. The third-order valence-corrected chi connectivity index (χ3v) is 2.83. The van der Waals surface area contributed by atoms with Gasteiger partial charge in [-0.3, -0.25) is 4.79 Å². The van der Waals surface area contributed by atoms with Crippen LogP contribution < -0.4 is 5.32 Å². The van der Waals surface area contributed by atoms with E-state index >= 15 is 0 Å². The number of carbonyl (C=O) groups is 2. The van der Waals surface area contributed by atoms with Gasteiger partial charge in [0.1, 0.15) is 6.04 Å². The molecule has 0 spiro atoms. The van der Waals surface area contributed by atoms with Gasteiger partial charge in [0.05, 0.1) is 5.60 Å². The van der Waals surface area contributed by atoms with E-state index in [-0.39, 0.29) is 24.5 Å². The van der Waals surface area contributed by atoms with Gasteiger partial charge in [-0.15, -0.1) is 0 Å². The third-order valence-electron chi connectivity index (χ3n) is 2.83. The number of amides is 1. The molecule has 0 saturated carbocycles. The molecule has 1 atom stereocenters. The highest BCUT2D eigenvalue weighted by molar-refractivity contribution is 5.96. The monoisotopic (exact) mass is 293 g/mol. The van der Waals surface area contributed by atoms with E-state index in [1.165, 1.54) is 0 Å². The average molecular weight is 293 g/mol. The number of nitrogens with one attached hydrogen (secondary N) is 1. The van der Waals surface area contributed by atoms with Crippen LogP contribution in [0.25, 0.3) is 0 Å². The number of aryl methyl sites for hydroxylation is 1. The van der Waals surface area contributed by atoms with E-state index < -0.39 is 12.0 Å². The van der Waals surface area contributed by atoms with Crippen LogP contribution in [0, 0.1) is 6.92 Å². The molecule has 0 aliphatic rings. The zero-order valence-corrected chi connectivity index (χ0v) is 13.0. The van der Waals surface area contributed by atoms with E-state index in [0.29, 0.717) is 5.56 Å². The summed E-state index contributed by atoms with van der Waals surface area (Å²) in [5.41, 5.74) is 1.08. The Morgan fingerprint density at radius 1 is 1.33 bits per heavy atom. The Bertz CT molecular complexity index is 505. The summed E-state index contributed by atoms with van der Waals surface area (Å²) < 4.78 is 5.50. The Morgan fingerprint density at radius 3 is 2.52 bits per heavy atom. The minimum absolute atomic E-state index is 0.226. The van der Waals surface area contributed by atoms with Crippen LogP contribution in [0.2, 0.25) is 0 Å². The molecule has 5 heteroatoms. The highest BCUT2D eigenvalue weighted by Gasteiger charge is 2.21. The van der Waals surface area contributed by atoms with Crippen LogP contribution >= 0.6 is 0 Å². The van der Waals surface area contributed by atoms with E-state index in [2.05, 4.69) is 5.32 Å². The van der Waals surface area contributed by atoms with Gasteiger partial charge in [-0.25, -0.2) is 4.79 Å². The molecule has 116 valence electrons. The van der Waals surface area contributed by atoms with Gasteiger partial charge in [0.2, 0.25) is 0 Å². The first-order valence-electron chi connectivity index (χ1n) is 6.93. The van der Waals surface area contributed by atoms with Crippen LogP contribution in [-0.4, -0.2) is 35.2 Å². The normalized spacial score (nSPS) is 12.8. The van der Waals surface area contributed by atoms with Crippen molar-refractivity contribution in [2.75, 3.05) is 6.61 Å². The van der Waals surface area contributed by atoms with Crippen LogP contribution in [0.3, 0.4) is 0 Å². The SMILES string of the molecule is Cc1cccc(C(=O)NC(CCOC(C)(C)C)C(=O)O)c1. The molecule has 0 aromatic heterocycles. The molecule has 0 fully saturated rings. The molecule has 21 heavy (non-hydrogen) atoms. The Labute approximate surface area is 125 Å². The topological polar surface area (TPSA) is 75.6 Å². The first-order valence-corrected chi connectivity index (χ1v) is 6.93. The van der Waals surface area contributed by atoms with Crippen molar-refractivity contribution in [2.45, 2.75) is 45.8 Å². The van der Waals surface area contributed by atoms with Crippen LogP contribution in [-0.2, 0) is 9.53 Å². The zero-order chi connectivity index (χ0) is 16.0. The average Bonchev–Trinajstić information content (AvgIpc) is 2.35. The van der Waals surface area contributed by atoms with Crippen LogP contribution in [0.1, 0.15) is 43.1 Å². The molecule has 0 aliphatic carbocycles. The minimum Gasteiger partial charge on any atom is -0.480 e. The molecular weight excluding hydrogens is 270 g/mol. The molecule has 1 aromatic carbocycles. The lowest BCUT2D eigenvalue weighted by atomic mass is 10.1. The third kappa shape index (κ3) is 6.40. The summed E-state index contributed by atoms with van der Waals surface area (Å²) >= 11 is 0. The van der Waals surface area contributed by atoms with E-state index in [1.807, 2.05) is 33.8 Å². The molecule has 0 saturated heterocycles. The van der Waals surface area contributed by atoms with Gasteiger partial charge < -0.3 is 15.2 Å². The van der Waals surface area contributed by atoms with Crippen molar-refractivity contribution in [1.82, 2.24) is 5.32 Å². The second-order valence-electron chi connectivity index (χ2n) is 5.98. The van der Waals surface area contributed by atoms with Crippen molar-refractivity contribution in [2.24, 2.45) is 0 Å². The van der Waals surface area contributed by atoms with Crippen molar-refractivity contribution in [3.8, 4) is 0 Å². The number of hydrogen-bond acceptors (Lipinski definition) is 3. The summed E-state index contributed by atoms with van der Waals surface area (Å²) in [6, 6.07) is 6.07. The summed E-state index contributed by atoms with van der Waals surface area (Å²) in [5, 5.41) is 11.7. The quantitative estimate of drug-likeness (QED) is 0.844. The molecule has 1 rings (SSSR count). The van der Waals surface area contributed by atoms with E-state index in [9.17, 15) is 14.7 Å². The number of carbonyl (C=O) groups excluding carboxylic acids is 1. The molecule has 0 radical (unpaired) electrons. The van der Waals surface area contributed by atoms with Crippen molar-refractivity contribution in [3.05, 3.63) is 35.4 Å². The maximum Gasteiger partial charge on any atom is 0.326 e. The summed E-state index contributed by atoms with van der Waals surface area (Å²) in [6.07, 6.45) is 0.226. The van der Waals surface area contributed by atoms with Crippen molar-refractivity contribution >= 4 is 11.9 Å². The number of ether oxygens (including phenoxy) is 1. The van der Waals surface area contributed by atoms with Crippen molar-refractivity contribution in [1.29, 1.82) is 0 Å². The van der Waals surface area contributed by atoms with E-state index in [0.717, 1.165) is 5.56 Å². The predicted octanol–water partition coefficient (Wildman–Crippen LogP) is 2.38. The van der Waals surface area contributed by atoms with Crippen molar-refractivity contribution < 1.29 is 19.4 Å². The lowest BCUT2D eigenvalue weighted by Gasteiger charge is -2.21. The molecule has 1 unspecified atom stereocenters. The van der Waals surface area contributed by atoms with Gasteiger partial charge in [0.15, 0.2) is 0 Å². The fraction of sp³-hybridized carbons (Fsp3) is 0.500. The van der Waals surface area contributed by atoms with Gasteiger partial charge in [0, 0.05) is 18.6 Å². The standard InChI is InChI=1S/C16H23NO4/c1-11-6-5-7-12(10-11)14(18)17-13(15(19)20)8-9-21-16(2,3)4/h5-7,10,13H,8-9H2,1-4H3,(H,17,18)(H,19,20). The highest BCUT2D eigenvalue weighted by atomic mass is 16.5. The molecule has 5 nitrogen and oxygen atoms in total. The summed E-state index contributed by atoms with van der Waals surface area (Å²) in [6.45, 7) is 7.84.